The second kappa shape index (κ2) is 8.97. The Morgan fingerprint density at radius 1 is 1.19 bits per heavy atom. The van der Waals surface area contributed by atoms with Crippen molar-refractivity contribution in [2.75, 3.05) is 25.5 Å². The molecule has 138 valence electrons. The summed E-state index contributed by atoms with van der Waals surface area (Å²) in [5.41, 5.74) is 3.75. The third-order valence-corrected chi connectivity index (χ3v) is 4.86. The van der Waals surface area contributed by atoms with Crippen molar-refractivity contribution >= 4 is 11.6 Å². The number of nitrogens with zero attached hydrogens (tertiary/aromatic N) is 1. The highest BCUT2D eigenvalue weighted by molar-refractivity contribution is 6.04. The van der Waals surface area contributed by atoms with E-state index in [4.69, 9.17) is 4.74 Å². The van der Waals surface area contributed by atoms with Crippen molar-refractivity contribution in [1.29, 1.82) is 0 Å². The largest absolute Gasteiger partial charge is 0.380 e. The molecule has 0 unspecified atom stereocenters. The Kier molecular flexibility index (Phi) is 6.42. The molecular weight excluding hydrogens is 324 g/mol. The van der Waals surface area contributed by atoms with Crippen LogP contribution in [0.4, 0.5) is 5.69 Å². The third-order valence-electron chi connectivity index (χ3n) is 4.86. The molecule has 0 aromatic heterocycles. The number of amides is 1. The van der Waals surface area contributed by atoms with Crippen molar-refractivity contribution in [2.24, 2.45) is 5.92 Å². The van der Waals surface area contributed by atoms with Crippen molar-refractivity contribution in [2.45, 2.75) is 32.9 Å². The van der Waals surface area contributed by atoms with Gasteiger partial charge < -0.3 is 10.1 Å². The molecule has 1 aliphatic rings. The van der Waals surface area contributed by atoms with Gasteiger partial charge in [-0.05, 0) is 60.7 Å². The van der Waals surface area contributed by atoms with Gasteiger partial charge in [-0.15, -0.1) is 0 Å². The third kappa shape index (κ3) is 5.16. The molecule has 1 heterocycles. The van der Waals surface area contributed by atoms with Crippen LogP contribution in [0.2, 0.25) is 0 Å². The summed E-state index contributed by atoms with van der Waals surface area (Å²) in [6, 6.07) is 15.7. The van der Waals surface area contributed by atoms with E-state index >= 15 is 0 Å². The summed E-state index contributed by atoms with van der Waals surface area (Å²) in [6.45, 7) is 6.17. The second-order valence-corrected chi connectivity index (χ2v) is 7.27. The lowest BCUT2D eigenvalue weighted by Gasteiger charge is -2.30. The number of methoxy groups -OCH3 is 1. The van der Waals surface area contributed by atoms with E-state index in [1.165, 1.54) is 31.5 Å². The number of carbonyl (C=O) groups is 1. The lowest BCUT2D eigenvalue weighted by atomic mass is 10.00. The van der Waals surface area contributed by atoms with Gasteiger partial charge in [-0.2, -0.15) is 0 Å². The predicted molar refractivity (Wildman–Crippen MR) is 105 cm³/mol. The summed E-state index contributed by atoms with van der Waals surface area (Å²) in [7, 11) is 1.65. The molecule has 0 bridgehead atoms. The fourth-order valence-electron chi connectivity index (χ4n) is 3.55. The Labute approximate surface area is 156 Å². The van der Waals surface area contributed by atoms with E-state index in [0.717, 1.165) is 23.7 Å². The maximum atomic E-state index is 12.4. The van der Waals surface area contributed by atoms with Gasteiger partial charge in [0.25, 0.3) is 5.91 Å². The molecule has 1 saturated heterocycles. The average molecular weight is 352 g/mol. The van der Waals surface area contributed by atoms with E-state index in [9.17, 15) is 4.79 Å². The fraction of sp³-hybridized carbons (Fsp3) is 0.409. The number of rotatable bonds is 6. The minimum Gasteiger partial charge on any atom is -0.380 e. The van der Waals surface area contributed by atoms with Gasteiger partial charge in [0.05, 0.1) is 6.61 Å². The molecular formula is C22H28N2O2. The van der Waals surface area contributed by atoms with Crippen LogP contribution in [0.5, 0.6) is 0 Å². The van der Waals surface area contributed by atoms with Crippen molar-refractivity contribution in [3.8, 4) is 0 Å². The molecule has 1 aliphatic heterocycles. The van der Waals surface area contributed by atoms with E-state index in [0.29, 0.717) is 12.2 Å². The Balaban J connectivity index is 1.58. The van der Waals surface area contributed by atoms with Gasteiger partial charge in [-0.1, -0.05) is 31.2 Å². The zero-order valence-electron chi connectivity index (χ0n) is 15.7. The topological polar surface area (TPSA) is 41.6 Å². The minimum atomic E-state index is -0.0967. The monoisotopic (exact) mass is 352 g/mol. The lowest BCUT2D eigenvalue weighted by molar-refractivity contribution is 0.102. The molecule has 2 aromatic rings. The predicted octanol–water partition coefficient (Wildman–Crippen LogP) is 4.32. The van der Waals surface area contributed by atoms with Crippen LogP contribution in [0.3, 0.4) is 0 Å². The lowest BCUT2D eigenvalue weighted by Crippen LogP contribution is -2.33. The SMILES string of the molecule is COCc1cccc(C(=O)Nc2ccc(CN3CCC[C@@H](C)C3)cc2)c1. The minimum absolute atomic E-state index is 0.0967. The molecule has 4 heteroatoms. The number of carbonyl (C=O) groups excluding carboxylic acids is 1. The maximum Gasteiger partial charge on any atom is 0.255 e. The standard InChI is InChI=1S/C22H28N2O2/c1-17-5-4-12-24(14-17)15-18-8-10-21(11-9-18)23-22(25)20-7-3-6-19(13-20)16-26-2/h3,6-11,13,17H,4-5,12,14-16H2,1-2H3,(H,23,25)/t17-/m1/s1. The molecule has 3 rings (SSSR count). The summed E-state index contributed by atoms with van der Waals surface area (Å²) >= 11 is 0. The number of hydrogen-bond donors (Lipinski definition) is 1. The van der Waals surface area contributed by atoms with Crippen molar-refractivity contribution < 1.29 is 9.53 Å². The summed E-state index contributed by atoms with van der Waals surface area (Å²) < 4.78 is 5.13. The summed E-state index contributed by atoms with van der Waals surface area (Å²) in [5, 5.41) is 2.97. The number of hydrogen-bond acceptors (Lipinski definition) is 3. The van der Waals surface area contributed by atoms with Gasteiger partial charge in [0.15, 0.2) is 0 Å². The zero-order valence-corrected chi connectivity index (χ0v) is 15.7. The number of ether oxygens (including phenoxy) is 1. The molecule has 1 atom stereocenters. The van der Waals surface area contributed by atoms with Gasteiger partial charge >= 0.3 is 0 Å². The van der Waals surface area contributed by atoms with Crippen LogP contribution in [0.25, 0.3) is 0 Å². The number of likely N-dealkylation sites (tertiary alicyclic amines) is 1. The first kappa shape index (κ1) is 18.6. The van der Waals surface area contributed by atoms with Crippen LogP contribution in [0.15, 0.2) is 48.5 Å². The number of piperidine rings is 1. The Morgan fingerprint density at radius 2 is 2.00 bits per heavy atom. The zero-order chi connectivity index (χ0) is 18.4. The Hall–Kier alpha value is -2.17. The number of anilines is 1. The van der Waals surface area contributed by atoms with Crippen molar-refractivity contribution in [3.05, 3.63) is 65.2 Å². The first-order valence-electron chi connectivity index (χ1n) is 9.34. The van der Waals surface area contributed by atoms with Crippen LogP contribution in [-0.4, -0.2) is 31.0 Å². The van der Waals surface area contributed by atoms with Gasteiger partial charge in [-0.25, -0.2) is 0 Å². The number of benzene rings is 2. The molecule has 1 amide bonds. The van der Waals surface area contributed by atoms with Crippen LogP contribution in [0, 0.1) is 5.92 Å². The summed E-state index contributed by atoms with van der Waals surface area (Å²) in [5.74, 6) is 0.691. The highest BCUT2D eigenvalue weighted by Crippen LogP contribution is 2.19. The van der Waals surface area contributed by atoms with Gasteiger partial charge in [0.1, 0.15) is 0 Å². The summed E-state index contributed by atoms with van der Waals surface area (Å²) in [6.07, 6.45) is 2.63. The number of nitrogens with one attached hydrogen (secondary N) is 1. The quantitative estimate of drug-likeness (QED) is 0.842. The second-order valence-electron chi connectivity index (χ2n) is 7.27. The van der Waals surface area contributed by atoms with Crippen molar-refractivity contribution in [1.82, 2.24) is 4.90 Å². The van der Waals surface area contributed by atoms with E-state index in [1.54, 1.807) is 7.11 Å². The van der Waals surface area contributed by atoms with Crippen LogP contribution >= 0.6 is 0 Å². The first-order valence-corrected chi connectivity index (χ1v) is 9.34. The molecule has 1 fully saturated rings. The molecule has 0 aliphatic carbocycles. The van der Waals surface area contributed by atoms with Gasteiger partial charge in [-0.3, -0.25) is 9.69 Å². The van der Waals surface area contributed by atoms with E-state index in [1.807, 2.05) is 36.4 Å². The van der Waals surface area contributed by atoms with E-state index in [2.05, 4.69) is 29.3 Å². The van der Waals surface area contributed by atoms with Crippen LogP contribution < -0.4 is 5.32 Å². The molecule has 0 spiro atoms. The molecule has 0 saturated carbocycles. The Bertz CT molecular complexity index is 727. The highest BCUT2D eigenvalue weighted by atomic mass is 16.5. The smallest absolute Gasteiger partial charge is 0.255 e. The van der Waals surface area contributed by atoms with Crippen LogP contribution in [-0.2, 0) is 17.9 Å². The normalized spacial score (nSPS) is 17.8. The van der Waals surface area contributed by atoms with Crippen LogP contribution in [0.1, 0.15) is 41.3 Å². The molecule has 26 heavy (non-hydrogen) atoms. The highest BCUT2D eigenvalue weighted by Gasteiger charge is 2.16. The molecule has 0 radical (unpaired) electrons. The molecule has 4 nitrogen and oxygen atoms in total. The van der Waals surface area contributed by atoms with Crippen molar-refractivity contribution in [3.63, 3.8) is 0 Å². The van der Waals surface area contributed by atoms with Gasteiger partial charge in [0, 0.05) is 31.5 Å². The first-order chi connectivity index (χ1) is 12.6. The van der Waals surface area contributed by atoms with E-state index < -0.39 is 0 Å². The van der Waals surface area contributed by atoms with Gasteiger partial charge in [0.2, 0.25) is 0 Å². The fourth-order valence-corrected chi connectivity index (χ4v) is 3.55. The molecule has 2 aromatic carbocycles. The average Bonchev–Trinajstić information content (AvgIpc) is 2.64. The maximum absolute atomic E-state index is 12.4. The molecule has 1 N–H and O–H groups in total. The Morgan fingerprint density at radius 3 is 2.73 bits per heavy atom. The van der Waals surface area contributed by atoms with E-state index in [-0.39, 0.29) is 5.91 Å². The summed E-state index contributed by atoms with van der Waals surface area (Å²) in [4.78, 5) is 15.0.